The second-order valence-corrected chi connectivity index (χ2v) is 8.18. The van der Waals surface area contributed by atoms with Gasteiger partial charge in [0.25, 0.3) is 0 Å². The normalized spacial score (nSPS) is 12.6. The smallest absolute Gasteiger partial charge is 0.185 e. The number of ether oxygens (including phenoxy) is 1. The highest BCUT2D eigenvalue weighted by Gasteiger charge is 2.40. The van der Waals surface area contributed by atoms with Gasteiger partial charge in [-0.05, 0) is 26.0 Å². The van der Waals surface area contributed by atoms with E-state index in [2.05, 4.69) is 0 Å². The van der Waals surface area contributed by atoms with Crippen LogP contribution in [0.1, 0.15) is 24.2 Å². The zero-order valence-corrected chi connectivity index (χ0v) is 13.6. The molecule has 0 aliphatic rings. The minimum atomic E-state index is -3.53. The fraction of sp³-hybridized carbons (Fsp3) is 0.400. The van der Waals surface area contributed by atoms with E-state index in [0.717, 1.165) is 11.8 Å². The van der Waals surface area contributed by atoms with Crippen LogP contribution in [0.15, 0.2) is 24.4 Å². The summed E-state index contributed by atoms with van der Waals surface area (Å²) >= 11 is 0. The maximum absolute atomic E-state index is 12.8. The first-order valence-corrected chi connectivity index (χ1v) is 8.37. The van der Waals surface area contributed by atoms with Gasteiger partial charge in [-0.15, -0.1) is 0 Å². The molecule has 0 aliphatic heterocycles. The number of hydrogen-bond donors (Lipinski definition) is 0. The maximum atomic E-state index is 12.8. The molecule has 0 spiro atoms. The first-order chi connectivity index (χ1) is 9.61. The van der Waals surface area contributed by atoms with Gasteiger partial charge in [0.15, 0.2) is 15.6 Å². The summed E-state index contributed by atoms with van der Waals surface area (Å²) in [6, 6.07) is 5.45. The third-order valence-corrected chi connectivity index (χ3v) is 5.95. The summed E-state index contributed by atoms with van der Waals surface area (Å²) in [6.45, 7) is 2.86. The second-order valence-electron chi connectivity index (χ2n) is 5.62. The Balaban J connectivity index is 2.77. The summed E-state index contributed by atoms with van der Waals surface area (Å²) in [5.41, 5.74) is 1.18. The number of rotatable bonds is 4. The molecule has 6 heteroatoms. The van der Waals surface area contributed by atoms with E-state index in [1.807, 2.05) is 19.2 Å². The molecule has 0 saturated carbocycles. The zero-order chi connectivity index (χ0) is 16.0. The van der Waals surface area contributed by atoms with Crippen molar-refractivity contribution in [2.24, 2.45) is 7.05 Å². The van der Waals surface area contributed by atoms with E-state index in [0.29, 0.717) is 16.7 Å². The second kappa shape index (κ2) is 4.87. The number of ketones is 1. The lowest BCUT2D eigenvalue weighted by Crippen LogP contribution is -2.39. The number of methoxy groups -OCH3 is 1. The summed E-state index contributed by atoms with van der Waals surface area (Å²) in [4.78, 5) is 12.8. The molecule has 0 aliphatic carbocycles. The molecule has 21 heavy (non-hydrogen) atoms. The first kappa shape index (κ1) is 15.6. The molecular formula is C15H19NO4S. The number of hydrogen-bond acceptors (Lipinski definition) is 4. The van der Waals surface area contributed by atoms with Gasteiger partial charge in [0.05, 0.1) is 18.0 Å². The van der Waals surface area contributed by atoms with E-state index in [1.165, 1.54) is 21.0 Å². The Labute approximate surface area is 124 Å². The van der Waals surface area contributed by atoms with Gasteiger partial charge in [-0.2, -0.15) is 0 Å². The number of aryl methyl sites for hydroxylation is 1. The van der Waals surface area contributed by atoms with Crippen LogP contribution in [0, 0.1) is 0 Å². The lowest BCUT2D eigenvalue weighted by atomic mass is 9.99. The number of aromatic nitrogens is 1. The number of carbonyl (C=O) groups is 1. The van der Waals surface area contributed by atoms with Gasteiger partial charge >= 0.3 is 0 Å². The van der Waals surface area contributed by atoms with Crippen LogP contribution >= 0.6 is 0 Å². The van der Waals surface area contributed by atoms with Crippen molar-refractivity contribution >= 4 is 26.5 Å². The van der Waals surface area contributed by atoms with E-state index in [4.69, 9.17) is 4.74 Å². The molecule has 0 amide bonds. The van der Waals surface area contributed by atoms with Gasteiger partial charge in [-0.25, -0.2) is 8.42 Å². The van der Waals surface area contributed by atoms with Gasteiger partial charge in [-0.1, -0.05) is 6.07 Å². The highest BCUT2D eigenvalue weighted by atomic mass is 32.2. The average Bonchev–Trinajstić information content (AvgIpc) is 2.74. The highest BCUT2D eigenvalue weighted by Crippen LogP contribution is 2.33. The van der Waals surface area contributed by atoms with Crippen LogP contribution in [0.25, 0.3) is 10.9 Å². The van der Waals surface area contributed by atoms with Crippen LogP contribution in [0.3, 0.4) is 0 Å². The Morgan fingerprint density at radius 2 is 1.90 bits per heavy atom. The number of fused-ring (bicyclic) bond motifs is 1. The van der Waals surface area contributed by atoms with Crippen molar-refractivity contribution in [2.75, 3.05) is 13.4 Å². The third-order valence-electron chi connectivity index (χ3n) is 3.91. The Bertz CT molecular complexity index is 816. The molecule has 2 aromatic rings. The molecule has 0 radical (unpaired) electrons. The van der Waals surface area contributed by atoms with Crippen molar-refractivity contribution in [1.29, 1.82) is 0 Å². The summed E-state index contributed by atoms with van der Waals surface area (Å²) < 4.78 is 29.4. The van der Waals surface area contributed by atoms with Crippen molar-refractivity contribution in [1.82, 2.24) is 4.57 Å². The topological polar surface area (TPSA) is 65.4 Å². The Morgan fingerprint density at radius 3 is 2.43 bits per heavy atom. The largest absolute Gasteiger partial charge is 0.496 e. The van der Waals surface area contributed by atoms with Crippen LogP contribution < -0.4 is 4.74 Å². The average molecular weight is 309 g/mol. The summed E-state index contributed by atoms with van der Waals surface area (Å²) in [6.07, 6.45) is 2.73. The molecule has 1 heterocycles. The minimum Gasteiger partial charge on any atom is -0.496 e. The van der Waals surface area contributed by atoms with Gasteiger partial charge in [-0.3, -0.25) is 4.79 Å². The van der Waals surface area contributed by atoms with Gasteiger partial charge in [0.1, 0.15) is 10.5 Å². The van der Waals surface area contributed by atoms with Crippen LogP contribution in [0.5, 0.6) is 5.75 Å². The zero-order valence-electron chi connectivity index (χ0n) is 12.8. The van der Waals surface area contributed by atoms with Crippen molar-refractivity contribution in [3.63, 3.8) is 0 Å². The predicted molar refractivity (Wildman–Crippen MR) is 82.7 cm³/mol. The third kappa shape index (κ3) is 2.33. The molecule has 5 nitrogen and oxygen atoms in total. The molecule has 0 saturated heterocycles. The van der Waals surface area contributed by atoms with Gasteiger partial charge in [0, 0.05) is 25.1 Å². The summed E-state index contributed by atoms with van der Waals surface area (Å²) in [7, 11) is -0.191. The lowest BCUT2D eigenvalue weighted by Gasteiger charge is -2.20. The molecule has 0 N–H and O–H groups in total. The lowest BCUT2D eigenvalue weighted by molar-refractivity contribution is 0.0955. The molecule has 0 fully saturated rings. The van der Waals surface area contributed by atoms with E-state index in [1.54, 1.807) is 16.8 Å². The predicted octanol–water partition coefficient (Wildman–Crippen LogP) is 2.19. The van der Waals surface area contributed by atoms with Crippen LogP contribution in [-0.2, 0) is 16.9 Å². The monoisotopic (exact) mass is 309 g/mol. The van der Waals surface area contributed by atoms with E-state index in [9.17, 15) is 13.2 Å². The van der Waals surface area contributed by atoms with Crippen LogP contribution in [-0.4, -0.2) is 36.9 Å². The Hall–Kier alpha value is -1.82. The quantitative estimate of drug-likeness (QED) is 0.812. The van der Waals surface area contributed by atoms with Gasteiger partial charge < -0.3 is 9.30 Å². The van der Waals surface area contributed by atoms with Crippen molar-refractivity contribution in [3.8, 4) is 5.75 Å². The molecule has 114 valence electrons. The molecule has 0 unspecified atom stereocenters. The minimum absolute atomic E-state index is 0.361. The fourth-order valence-corrected chi connectivity index (χ4v) is 2.69. The van der Waals surface area contributed by atoms with E-state index in [-0.39, 0.29) is 0 Å². The number of carbonyl (C=O) groups excluding carboxylic acids is 1. The number of benzene rings is 1. The van der Waals surface area contributed by atoms with Crippen LogP contribution in [0.2, 0.25) is 0 Å². The standard InChI is InChI=1S/C15H19NO4S/c1-15(2,21(5,18)19)14(17)10-9-16(3)11-7-6-8-12(20-4)13(10)11/h6-9H,1-5H3. The van der Waals surface area contributed by atoms with Crippen LogP contribution in [0.4, 0.5) is 0 Å². The number of nitrogens with zero attached hydrogens (tertiary/aromatic N) is 1. The van der Waals surface area contributed by atoms with E-state index >= 15 is 0 Å². The van der Waals surface area contributed by atoms with Crippen molar-refractivity contribution < 1.29 is 17.9 Å². The fourth-order valence-electron chi connectivity index (χ4n) is 2.25. The SMILES string of the molecule is COc1cccc2c1c(C(=O)C(C)(C)S(C)(=O)=O)cn2C. The summed E-state index contributed by atoms with van der Waals surface area (Å²) in [5, 5.41) is 0.643. The molecule has 1 aromatic carbocycles. The number of Topliss-reactive ketones (excluding diaryl/α,β-unsaturated/α-hetero) is 1. The Morgan fingerprint density at radius 1 is 1.29 bits per heavy atom. The van der Waals surface area contributed by atoms with Crippen molar-refractivity contribution in [3.05, 3.63) is 30.0 Å². The van der Waals surface area contributed by atoms with Gasteiger partial charge in [0.2, 0.25) is 0 Å². The Kier molecular flexibility index (Phi) is 3.61. The van der Waals surface area contributed by atoms with Crippen molar-refractivity contribution in [2.45, 2.75) is 18.6 Å². The first-order valence-electron chi connectivity index (χ1n) is 6.47. The molecule has 0 atom stereocenters. The highest BCUT2D eigenvalue weighted by molar-refractivity contribution is 7.92. The molecule has 2 rings (SSSR count). The molecule has 1 aromatic heterocycles. The molecule has 0 bridgehead atoms. The number of sulfone groups is 1. The molecular weight excluding hydrogens is 290 g/mol. The maximum Gasteiger partial charge on any atom is 0.185 e. The summed E-state index contributed by atoms with van der Waals surface area (Å²) in [5.74, 6) is 0.126. The van der Waals surface area contributed by atoms with E-state index < -0.39 is 20.4 Å².